The van der Waals surface area contributed by atoms with Crippen LogP contribution in [0.15, 0.2) is 46.2 Å². The Morgan fingerprint density at radius 2 is 1.20 bits per heavy atom. The van der Waals surface area contributed by atoms with E-state index in [0.717, 1.165) is 30.4 Å². The first-order valence-electron chi connectivity index (χ1n) is 9.18. The van der Waals surface area contributed by atoms with Gasteiger partial charge in [0.2, 0.25) is 15.9 Å². The average molecular weight is 563 g/mol. The van der Waals surface area contributed by atoms with Gasteiger partial charge >= 0.3 is 59.1 Å². The van der Waals surface area contributed by atoms with Crippen molar-refractivity contribution in [3.8, 4) is 0 Å². The molecule has 2 N–H and O–H groups in total. The molecule has 0 bridgehead atoms. The Morgan fingerprint density at radius 3 is 1.57 bits per heavy atom. The van der Waals surface area contributed by atoms with Crippen molar-refractivity contribution in [2.24, 2.45) is 0 Å². The number of carbonyl (C=O) groups excluding carboxylic acids is 1. The molecule has 0 radical (unpaired) electrons. The first-order valence-corrected chi connectivity index (χ1v) is 13.5. The maximum atomic E-state index is 12.0. The maximum Gasteiger partial charge on any atom is 1.00 e. The summed E-state index contributed by atoms with van der Waals surface area (Å²) < 4.78 is 96.4. The van der Waals surface area contributed by atoms with Crippen LogP contribution in [0.2, 0.25) is 0 Å². The van der Waals surface area contributed by atoms with E-state index >= 15 is 0 Å². The predicted molar refractivity (Wildman–Crippen MR) is 120 cm³/mol. The number of hydrogen-bond donors (Lipinski definition) is 2. The molecule has 0 heterocycles. The van der Waals surface area contributed by atoms with Crippen molar-refractivity contribution in [2.45, 2.75) is 35.8 Å². The molecule has 35 heavy (non-hydrogen) atoms. The van der Waals surface area contributed by atoms with Crippen LogP contribution in [-0.2, 0) is 35.1 Å². The molecule has 2 rings (SSSR count). The van der Waals surface area contributed by atoms with Crippen LogP contribution in [0, 0.1) is 0 Å². The summed E-state index contributed by atoms with van der Waals surface area (Å²) in [6.07, 6.45) is 2.19. The van der Waals surface area contributed by atoms with Gasteiger partial charge in [0.1, 0.15) is 20.2 Å². The zero-order chi connectivity index (χ0) is 25.2. The van der Waals surface area contributed by atoms with E-state index < -0.39 is 51.2 Å². The summed E-state index contributed by atoms with van der Waals surface area (Å²) in [5, 5.41) is 1.51. The van der Waals surface area contributed by atoms with Gasteiger partial charge in [0, 0.05) is 18.3 Å². The maximum absolute atomic E-state index is 12.0. The molecule has 0 spiro atoms. The van der Waals surface area contributed by atoms with Crippen molar-refractivity contribution in [3.05, 3.63) is 47.5 Å². The first-order chi connectivity index (χ1) is 15.0. The van der Waals surface area contributed by atoms with E-state index in [0.29, 0.717) is 0 Å². The number of amides is 1. The molecule has 0 atom stereocenters. The van der Waals surface area contributed by atoms with Gasteiger partial charge in [-0.2, -0.15) is 0 Å². The minimum absolute atomic E-state index is 0. The van der Waals surface area contributed by atoms with Gasteiger partial charge in [-0.25, -0.2) is 25.3 Å². The van der Waals surface area contributed by atoms with Gasteiger partial charge in [-0.1, -0.05) is 24.3 Å². The quantitative estimate of drug-likeness (QED) is 0.182. The van der Waals surface area contributed by atoms with E-state index in [-0.39, 0.29) is 81.6 Å². The molecule has 11 nitrogen and oxygen atoms in total. The van der Waals surface area contributed by atoms with Gasteiger partial charge in [0.25, 0.3) is 0 Å². The zero-order valence-corrected chi connectivity index (χ0v) is 26.0. The Bertz CT molecular complexity index is 1440. The fourth-order valence-corrected chi connectivity index (χ4v) is 4.67. The molecule has 0 saturated carbocycles. The summed E-state index contributed by atoms with van der Waals surface area (Å²) in [4.78, 5) is 9.73. The predicted octanol–water partition coefficient (Wildman–Crippen LogP) is -4.22. The van der Waals surface area contributed by atoms with Crippen LogP contribution in [-0.4, -0.2) is 45.5 Å². The Morgan fingerprint density at radius 1 is 0.800 bits per heavy atom. The van der Waals surface area contributed by atoms with Gasteiger partial charge in [0.15, 0.2) is 0 Å². The number of nitrogens with one attached hydrogen (secondary N) is 2. The minimum Gasteiger partial charge on any atom is -0.744 e. The van der Waals surface area contributed by atoms with Crippen LogP contribution >= 0.6 is 0 Å². The van der Waals surface area contributed by atoms with Crippen molar-refractivity contribution in [3.63, 3.8) is 0 Å². The van der Waals surface area contributed by atoms with E-state index in [1.807, 2.05) is 0 Å². The van der Waals surface area contributed by atoms with Crippen molar-refractivity contribution in [1.29, 1.82) is 0 Å². The molecule has 2 aromatic rings. The molecule has 0 aliphatic carbocycles. The largest absolute Gasteiger partial charge is 1.00 e. The van der Waals surface area contributed by atoms with Gasteiger partial charge in [-0.3, -0.25) is 9.52 Å². The fraction of sp³-hybridized carbons (Fsp3) is 0.211. The monoisotopic (exact) mass is 562 g/mol. The van der Waals surface area contributed by atoms with Crippen molar-refractivity contribution in [2.75, 3.05) is 10.0 Å². The molecule has 0 aromatic heterocycles. The number of benzene rings is 2. The Balaban J connectivity index is 0.00000578. The van der Waals surface area contributed by atoms with Gasteiger partial charge in [-0.15, -0.1) is 0 Å². The molecular formula is C19H20N2Na2O9S3. The summed E-state index contributed by atoms with van der Waals surface area (Å²) in [6.45, 7) is 4.00. The minimum atomic E-state index is -5.06. The molecule has 180 valence electrons. The van der Waals surface area contributed by atoms with Crippen molar-refractivity contribution >= 4 is 59.7 Å². The Hall–Kier alpha value is -0.780. The number of sulfonamides is 1. The van der Waals surface area contributed by atoms with Crippen molar-refractivity contribution < 1.29 is 98.3 Å². The Kier molecular flexibility index (Phi) is 12.9. The molecule has 0 saturated heterocycles. The summed E-state index contributed by atoms with van der Waals surface area (Å²) in [5.74, 6) is -0.494. The van der Waals surface area contributed by atoms with E-state index in [1.165, 1.54) is 39.0 Å². The van der Waals surface area contributed by atoms with Gasteiger partial charge < -0.3 is 14.4 Å². The normalized spacial score (nSPS) is 12.1. The summed E-state index contributed by atoms with van der Waals surface area (Å²) in [5.41, 5.74) is -0.396. The van der Waals surface area contributed by atoms with Crippen LogP contribution in [0.1, 0.15) is 31.9 Å². The second kappa shape index (κ2) is 13.1. The summed E-state index contributed by atoms with van der Waals surface area (Å²) in [6, 6.07) is 6.69. The average Bonchev–Trinajstić information content (AvgIpc) is 2.65. The Labute approximate surface area is 248 Å². The number of carbonyl (C=O) groups is 1. The standard InChI is InChI=1S/C19H22N2O9S3.2Na/c1-12(2)31(23,24)21-17-9-7-15(19(11-17)33(28,29)30)5-4-14-6-8-16(20-13(3)22)10-18(14)32(25,26)27;;/h4-12,21H,1-3H3,(H,20,22)(H,25,26,27)(H,28,29,30);;/q;2*+1/p-2/b5-4+;;. The molecule has 0 fully saturated rings. The summed E-state index contributed by atoms with van der Waals surface area (Å²) in [7, 11) is -13.9. The van der Waals surface area contributed by atoms with E-state index in [2.05, 4.69) is 10.0 Å². The number of rotatable bonds is 8. The third-order valence-electron chi connectivity index (χ3n) is 4.21. The molecule has 1 amide bonds. The van der Waals surface area contributed by atoms with Crippen LogP contribution in [0.3, 0.4) is 0 Å². The molecule has 16 heteroatoms. The topological polar surface area (TPSA) is 190 Å². The fourth-order valence-electron chi connectivity index (χ4n) is 2.58. The van der Waals surface area contributed by atoms with Crippen LogP contribution in [0.25, 0.3) is 12.2 Å². The van der Waals surface area contributed by atoms with E-state index in [9.17, 15) is 39.2 Å². The van der Waals surface area contributed by atoms with E-state index in [1.54, 1.807) is 0 Å². The SMILES string of the molecule is CC(=O)Nc1ccc(/C=C/c2ccc(NS(=O)(=O)C(C)C)cc2S(=O)(=O)[O-])c(S(=O)(=O)[O-])c1.[Na+].[Na+]. The third-order valence-corrected chi connectivity index (χ3v) is 7.76. The van der Waals surface area contributed by atoms with Crippen molar-refractivity contribution in [1.82, 2.24) is 0 Å². The number of hydrogen-bond acceptors (Lipinski definition) is 9. The second-order valence-corrected chi connectivity index (χ2v) is 12.1. The van der Waals surface area contributed by atoms with Gasteiger partial charge in [0.05, 0.1) is 15.0 Å². The molecular weight excluding hydrogens is 542 g/mol. The zero-order valence-electron chi connectivity index (χ0n) is 19.6. The molecule has 0 unspecified atom stereocenters. The summed E-state index contributed by atoms with van der Waals surface area (Å²) >= 11 is 0. The second-order valence-electron chi connectivity index (χ2n) is 7.12. The van der Waals surface area contributed by atoms with Crippen LogP contribution in [0.4, 0.5) is 11.4 Å². The molecule has 0 aliphatic rings. The van der Waals surface area contributed by atoms with E-state index in [4.69, 9.17) is 0 Å². The molecule has 0 aliphatic heterocycles. The third kappa shape index (κ3) is 9.89. The van der Waals surface area contributed by atoms with Crippen LogP contribution in [0.5, 0.6) is 0 Å². The smallest absolute Gasteiger partial charge is 0.744 e. The van der Waals surface area contributed by atoms with Crippen LogP contribution < -0.4 is 69.2 Å². The molecule has 2 aromatic carbocycles. The number of anilines is 2. The van der Waals surface area contributed by atoms with Gasteiger partial charge in [-0.05, 0) is 49.2 Å². The first kappa shape index (κ1) is 34.2.